The Labute approximate surface area is 392 Å². The number of carbonyl (C=O) groups excluding carboxylic acids is 5. The summed E-state index contributed by atoms with van der Waals surface area (Å²) in [5.41, 5.74) is -0.458. The first-order valence-electron chi connectivity index (χ1n) is 23.9. The molecular formula is C52H66ClF3N4O6. The van der Waals surface area contributed by atoms with E-state index in [0.29, 0.717) is 58.5 Å². The van der Waals surface area contributed by atoms with Crippen molar-refractivity contribution in [1.29, 1.82) is 0 Å². The van der Waals surface area contributed by atoms with Crippen LogP contribution in [0.5, 0.6) is 0 Å². The lowest BCUT2D eigenvalue weighted by atomic mass is 9.78. The average Bonchev–Trinajstić information content (AvgIpc) is 4.05. The van der Waals surface area contributed by atoms with Gasteiger partial charge in [0.2, 0.25) is 17.7 Å². The van der Waals surface area contributed by atoms with Gasteiger partial charge in [-0.25, -0.2) is 0 Å². The third-order valence-corrected chi connectivity index (χ3v) is 14.4. The molecule has 0 radical (unpaired) electrons. The zero-order valence-corrected chi connectivity index (χ0v) is 39.6. The van der Waals surface area contributed by atoms with Crippen molar-refractivity contribution in [2.75, 3.05) is 26.7 Å². The molecule has 0 spiro atoms. The predicted octanol–water partition coefficient (Wildman–Crippen LogP) is 10.1. The molecule has 3 aromatic rings. The molecule has 2 saturated carbocycles. The van der Waals surface area contributed by atoms with E-state index >= 15 is 0 Å². The number of nitrogens with one attached hydrogen (secondary N) is 1. The van der Waals surface area contributed by atoms with E-state index in [4.69, 9.17) is 16.3 Å². The molecule has 6 rings (SSSR count). The number of halogens is 4. The number of alkyl halides is 3. The topological polar surface area (TPSA) is 116 Å². The summed E-state index contributed by atoms with van der Waals surface area (Å²) in [5, 5.41) is 3.16. The van der Waals surface area contributed by atoms with E-state index in [1.807, 2.05) is 54.6 Å². The highest BCUT2D eigenvalue weighted by atomic mass is 35.5. The van der Waals surface area contributed by atoms with Gasteiger partial charge < -0.3 is 24.8 Å². The SMILES string of the molecule is CCN(C(=O)C1(N(C)C(=O)C(F)(F)F)CCCC1)[C@H](C(=O)N[C@@H](CC(=O)OC(c1ccccc1)(c1ccc(C2CCCCCCCC2)cc1)c1ccccc1Cl)C(=O)N1CCCC1)C(C)C. The van der Waals surface area contributed by atoms with E-state index in [9.17, 15) is 37.1 Å². The molecule has 66 heavy (non-hydrogen) atoms. The van der Waals surface area contributed by atoms with E-state index in [1.165, 1.54) is 36.1 Å². The molecule has 3 atom stereocenters. The van der Waals surface area contributed by atoms with Crippen LogP contribution in [-0.2, 0) is 34.3 Å². The number of carbonyl (C=O) groups is 5. The Balaban J connectivity index is 1.36. The van der Waals surface area contributed by atoms with E-state index in [1.54, 1.807) is 37.8 Å². The zero-order chi connectivity index (χ0) is 47.6. The Morgan fingerprint density at radius 3 is 1.91 bits per heavy atom. The van der Waals surface area contributed by atoms with Crippen molar-refractivity contribution in [3.63, 3.8) is 0 Å². The van der Waals surface area contributed by atoms with Crippen LogP contribution < -0.4 is 5.32 Å². The molecule has 1 saturated heterocycles. The van der Waals surface area contributed by atoms with Crippen LogP contribution in [0.1, 0.15) is 145 Å². The van der Waals surface area contributed by atoms with Crippen LogP contribution in [0.4, 0.5) is 13.2 Å². The van der Waals surface area contributed by atoms with Crippen molar-refractivity contribution in [2.45, 2.75) is 152 Å². The molecule has 10 nitrogen and oxygen atoms in total. The van der Waals surface area contributed by atoms with Gasteiger partial charge in [0.05, 0.1) is 6.42 Å². The Kier molecular flexibility index (Phi) is 17.0. The highest BCUT2D eigenvalue weighted by molar-refractivity contribution is 6.31. The van der Waals surface area contributed by atoms with Crippen LogP contribution in [-0.4, -0.2) is 94.8 Å². The van der Waals surface area contributed by atoms with Crippen LogP contribution in [0, 0.1) is 5.92 Å². The molecule has 14 heteroatoms. The first kappa shape index (κ1) is 50.5. The lowest BCUT2D eigenvalue weighted by molar-refractivity contribution is -0.192. The number of hydrogen-bond donors (Lipinski definition) is 1. The van der Waals surface area contributed by atoms with Gasteiger partial charge in [0, 0.05) is 48.4 Å². The number of likely N-dealkylation sites (N-methyl/N-ethyl adjacent to an activating group) is 2. The summed E-state index contributed by atoms with van der Waals surface area (Å²) in [7, 11) is 0.986. The first-order chi connectivity index (χ1) is 31.5. The molecule has 3 fully saturated rings. The van der Waals surface area contributed by atoms with Crippen molar-refractivity contribution in [1.82, 2.24) is 20.0 Å². The number of amides is 4. The molecule has 358 valence electrons. The minimum absolute atomic E-state index is 0.00704. The van der Waals surface area contributed by atoms with Crippen LogP contribution in [0.25, 0.3) is 0 Å². The highest BCUT2D eigenvalue weighted by Gasteiger charge is 2.55. The van der Waals surface area contributed by atoms with Crippen molar-refractivity contribution in [3.05, 3.63) is 106 Å². The minimum atomic E-state index is -5.21. The van der Waals surface area contributed by atoms with Gasteiger partial charge >= 0.3 is 18.1 Å². The average molecular weight is 936 g/mol. The maximum Gasteiger partial charge on any atom is 0.471 e. The largest absolute Gasteiger partial charge is 0.471 e. The second kappa shape index (κ2) is 22.3. The Morgan fingerprint density at radius 1 is 0.788 bits per heavy atom. The second-order valence-electron chi connectivity index (χ2n) is 18.7. The van der Waals surface area contributed by atoms with Gasteiger partial charge in [0.25, 0.3) is 0 Å². The van der Waals surface area contributed by atoms with E-state index < -0.39 is 71.3 Å². The molecular weight excluding hydrogens is 869 g/mol. The molecule has 1 aliphatic heterocycles. The molecule has 4 amide bonds. The Morgan fingerprint density at radius 2 is 1.35 bits per heavy atom. The summed E-state index contributed by atoms with van der Waals surface area (Å²) in [5.74, 6) is -5.18. The predicted molar refractivity (Wildman–Crippen MR) is 248 cm³/mol. The normalized spacial score (nSPS) is 18.8. The van der Waals surface area contributed by atoms with Crippen molar-refractivity contribution in [2.24, 2.45) is 5.92 Å². The lowest BCUT2D eigenvalue weighted by Gasteiger charge is -2.44. The molecule has 0 aromatic heterocycles. The fourth-order valence-electron chi connectivity index (χ4n) is 10.6. The molecule has 1 N–H and O–H groups in total. The summed E-state index contributed by atoms with van der Waals surface area (Å²) in [6.45, 7) is 5.75. The summed E-state index contributed by atoms with van der Waals surface area (Å²) in [6.07, 6.45) is 5.94. The van der Waals surface area contributed by atoms with Gasteiger partial charge in [-0.3, -0.25) is 24.0 Å². The number of esters is 1. The van der Waals surface area contributed by atoms with Crippen molar-refractivity contribution < 1.29 is 41.9 Å². The minimum Gasteiger partial charge on any atom is -0.444 e. The second-order valence-corrected chi connectivity index (χ2v) is 19.1. The number of nitrogens with zero attached hydrogens (tertiary/aromatic N) is 3. The Hall–Kier alpha value is -4.91. The summed E-state index contributed by atoms with van der Waals surface area (Å²) in [4.78, 5) is 74.5. The van der Waals surface area contributed by atoms with Crippen molar-refractivity contribution >= 4 is 41.2 Å². The van der Waals surface area contributed by atoms with Crippen LogP contribution in [0.3, 0.4) is 0 Å². The number of benzene rings is 3. The fourth-order valence-corrected chi connectivity index (χ4v) is 10.9. The van der Waals surface area contributed by atoms with Crippen molar-refractivity contribution in [3.8, 4) is 0 Å². The summed E-state index contributed by atoms with van der Waals surface area (Å²) in [6, 6.07) is 21.9. The van der Waals surface area contributed by atoms with Crippen LogP contribution in [0.15, 0.2) is 78.9 Å². The maximum absolute atomic E-state index is 14.9. The first-order valence-corrected chi connectivity index (χ1v) is 24.3. The molecule has 1 heterocycles. The highest BCUT2D eigenvalue weighted by Crippen LogP contribution is 2.45. The van der Waals surface area contributed by atoms with E-state index in [0.717, 1.165) is 45.6 Å². The number of hydrogen-bond acceptors (Lipinski definition) is 6. The number of rotatable bonds is 15. The van der Waals surface area contributed by atoms with Gasteiger partial charge in [0.1, 0.15) is 17.6 Å². The standard InChI is InChI=1S/C52H66ClF3N4O6/c1-5-60(48(64)50(31-17-18-32-50)58(4)49(65)52(54,55)56)45(36(2)3)46(62)57-43(47(63)59-33-19-20-34-59)35-44(61)66-51(39-23-13-10-14-24-39,41-25-15-16-26-42(41)53)40-29-27-38(28-30-40)37-21-11-8-6-7-9-12-22-37/h10,13-16,23-30,36-37,43,45H,5-9,11-12,17-22,31-35H2,1-4H3,(H,57,62)/t43-,45-,51?/m0/s1. The monoisotopic (exact) mass is 934 g/mol. The molecule has 3 aromatic carbocycles. The third-order valence-electron chi connectivity index (χ3n) is 14.1. The smallest absolute Gasteiger partial charge is 0.444 e. The van der Waals surface area contributed by atoms with Crippen LogP contribution >= 0.6 is 11.6 Å². The summed E-state index contributed by atoms with van der Waals surface area (Å²) >= 11 is 7.04. The molecule has 3 aliphatic rings. The quantitative estimate of drug-likeness (QED) is 0.120. The molecule has 2 aliphatic carbocycles. The molecule has 1 unspecified atom stereocenters. The lowest BCUT2D eigenvalue weighted by Crippen LogP contribution is -2.65. The third kappa shape index (κ3) is 11.1. The van der Waals surface area contributed by atoms with Gasteiger partial charge in [-0.1, -0.05) is 150 Å². The Bertz CT molecular complexity index is 2130. The van der Waals surface area contributed by atoms with Crippen LogP contribution in [0.2, 0.25) is 5.02 Å². The van der Waals surface area contributed by atoms with Gasteiger partial charge in [-0.05, 0) is 68.9 Å². The maximum atomic E-state index is 14.9. The fraction of sp³-hybridized carbons (Fsp3) is 0.558. The van der Waals surface area contributed by atoms with E-state index in [-0.39, 0.29) is 19.4 Å². The van der Waals surface area contributed by atoms with Gasteiger partial charge in [-0.15, -0.1) is 0 Å². The van der Waals surface area contributed by atoms with Gasteiger partial charge in [-0.2, -0.15) is 13.2 Å². The number of ether oxygens (including phenoxy) is 1. The van der Waals surface area contributed by atoms with E-state index in [2.05, 4.69) is 17.4 Å². The molecule has 0 bridgehead atoms. The number of likely N-dealkylation sites (tertiary alicyclic amines) is 1. The summed E-state index contributed by atoms with van der Waals surface area (Å²) < 4.78 is 48.2. The zero-order valence-electron chi connectivity index (χ0n) is 38.8. The van der Waals surface area contributed by atoms with Gasteiger partial charge in [0.15, 0.2) is 5.60 Å².